The number of benzene rings is 1. The summed E-state index contributed by atoms with van der Waals surface area (Å²) in [6.45, 7) is 0.806. The van der Waals surface area contributed by atoms with Crippen LogP contribution in [-0.2, 0) is 19.5 Å². The molecule has 1 atom stereocenters. The molecule has 0 amide bonds. The van der Waals surface area contributed by atoms with E-state index < -0.39 is 16.1 Å². The minimum absolute atomic E-state index is 0.0643. The zero-order valence-electron chi connectivity index (χ0n) is 12.1. The van der Waals surface area contributed by atoms with Crippen LogP contribution in [0.4, 0.5) is 0 Å². The number of rotatable bonds is 10. The molecule has 0 heterocycles. The van der Waals surface area contributed by atoms with E-state index in [9.17, 15) is 13.5 Å². The van der Waals surface area contributed by atoms with E-state index in [0.29, 0.717) is 19.0 Å². The molecule has 0 radical (unpaired) electrons. The van der Waals surface area contributed by atoms with Crippen molar-refractivity contribution in [2.45, 2.75) is 11.0 Å². The van der Waals surface area contributed by atoms with Crippen LogP contribution in [-0.4, -0.2) is 60.2 Å². The lowest BCUT2D eigenvalue weighted by molar-refractivity contribution is 0.0679. The minimum atomic E-state index is -3.66. The molecule has 0 saturated heterocycles. The molecule has 1 unspecified atom stereocenters. The van der Waals surface area contributed by atoms with E-state index in [2.05, 4.69) is 4.72 Å². The van der Waals surface area contributed by atoms with Crippen molar-refractivity contribution in [3.63, 3.8) is 0 Å². The number of aliphatic hydroxyl groups is 1. The standard InChI is InChI=1S/C13H21NO6S/c1-18-7-8-20-12-3-5-13(6-4-12)21(16,17)14-9-11(15)10-19-2/h3-6,11,14-15H,7-10H2,1-2H3. The zero-order valence-corrected chi connectivity index (χ0v) is 12.9. The Balaban J connectivity index is 2.58. The Hall–Kier alpha value is -1.19. The van der Waals surface area contributed by atoms with Crippen LogP contribution >= 0.6 is 0 Å². The summed E-state index contributed by atoms with van der Waals surface area (Å²) in [6.07, 6.45) is -0.888. The Morgan fingerprint density at radius 1 is 1.14 bits per heavy atom. The average molecular weight is 319 g/mol. The Kier molecular flexibility index (Phi) is 7.62. The largest absolute Gasteiger partial charge is 0.491 e. The van der Waals surface area contributed by atoms with Gasteiger partial charge >= 0.3 is 0 Å². The molecule has 7 nitrogen and oxygen atoms in total. The number of ether oxygens (including phenoxy) is 3. The predicted octanol–water partition coefficient (Wildman–Crippen LogP) is -0.00260. The summed E-state index contributed by atoms with van der Waals surface area (Å²) in [6, 6.07) is 6.01. The van der Waals surface area contributed by atoms with Gasteiger partial charge in [0.2, 0.25) is 10.0 Å². The van der Waals surface area contributed by atoms with Gasteiger partial charge in [0.1, 0.15) is 12.4 Å². The van der Waals surface area contributed by atoms with E-state index in [-0.39, 0.29) is 18.0 Å². The first kappa shape index (κ1) is 17.9. The molecule has 0 spiro atoms. The quantitative estimate of drug-likeness (QED) is 0.590. The summed E-state index contributed by atoms with van der Waals surface area (Å²) < 4.78 is 41.2. The molecule has 21 heavy (non-hydrogen) atoms. The number of sulfonamides is 1. The maximum absolute atomic E-state index is 12.0. The highest BCUT2D eigenvalue weighted by atomic mass is 32.2. The third-order valence-corrected chi connectivity index (χ3v) is 4.00. The third-order valence-electron chi connectivity index (χ3n) is 2.56. The molecule has 1 rings (SSSR count). The maximum Gasteiger partial charge on any atom is 0.240 e. The fourth-order valence-corrected chi connectivity index (χ4v) is 2.57. The molecule has 8 heteroatoms. The van der Waals surface area contributed by atoms with Gasteiger partial charge in [-0.15, -0.1) is 0 Å². The van der Waals surface area contributed by atoms with Gasteiger partial charge in [-0.3, -0.25) is 0 Å². The topological polar surface area (TPSA) is 94.1 Å². The summed E-state index contributed by atoms with van der Waals surface area (Å²) in [5.74, 6) is 0.561. The monoisotopic (exact) mass is 319 g/mol. The molecule has 0 fully saturated rings. The lowest BCUT2D eigenvalue weighted by Gasteiger charge is -2.12. The predicted molar refractivity (Wildman–Crippen MR) is 76.9 cm³/mol. The Morgan fingerprint density at radius 2 is 1.81 bits per heavy atom. The normalized spacial score (nSPS) is 13.1. The zero-order chi connectivity index (χ0) is 15.7. The SMILES string of the molecule is COCCOc1ccc(S(=O)(=O)NCC(O)COC)cc1. The molecule has 1 aromatic carbocycles. The van der Waals surface area contributed by atoms with Gasteiger partial charge in [0.15, 0.2) is 0 Å². The van der Waals surface area contributed by atoms with Crippen LogP contribution in [0, 0.1) is 0 Å². The molecule has 0 aliphatic heterocycles. The van der Waals surface area contributed by atoms with E-state index in [1.54, 1.807) is 19.2 Å². The van der Waals surface area contributed by atoms with Crippen LogP contribution in [0.2, 0.25) is 0 Å². The van der Waals surface area contributed by atoms with Crippen molar-refractivity contribution in [2.75, 3.05) is 40.6 Å². The lowest BCUT2D eigenvalue weighted by atomic mass is 10.3. The highest BCUT2D eigenvalue weighted by Crippen LogP contribution is 2.15. The molecule has 0 saturated carbocycles. The van der Waals surface area contributed by atoms with Gasteiger partial charge in [0, 0.05) is 20.8 Å². The van der Waals surface area contributed by atoms with Gasteiger partial charge in [0.05, 0.1) is 24.2 Å². The van der Waals surface area contributed by atoms with Crippen molar-refractivity contribution in [3.8, 4) is 5.75 Å². The smallest absolute Gasteiger partial charge is 0.240 e. The van der Waals surface area contributed by atoms with Gasteiger partial charge in [-0.1, -0.05) is 0 Å². The first-order chi connectivity index (χ1) is 9.99. The second-order valence-electron chi connectivity index (χ2n) is 4.27. The summed E-state index contributed by atoms with van der Waals surface area (Å²) in [7, 11) is -0.659. The van der Waals surface area contributed by atoms with Crippen LogP contribution in [0.15, 0.2) is 29.2 Å². The van der Waals surface area contributed by atoms with Gasteiger partial charge in [-0.05, 0) is 24.3 Å². The van der Waals surface area contributed by atoms with Crippen molar-refractivity contribution in [1.29, 1.82) is 0 Å². The van der Waals surface area contributed by atoms with Crippen LogP contribution in [0.25, 0.3) is 0 Å². The molecule has 2 N–H and O–H groups in total. The highest BCUT2D eigenvalue weighted by molar-refractivity contribution is 7.89. The van der Waals surface area contributed by atoms with Crippen molar-refractivity contribution in [2.24, 2.45) is 0 Å². The van der Waals surface area contributed by atoms with Gasteiger partial charge < -0.3 is 19.3 Å². The Labute approximate surface area is 124 Å². The van der Waals surface area contributed by atoms with E-state index in [1.807, 2.05) is 0 Å². The molecule has 0 aliphatic rings. The van der Waals surface area contributed by atoms with Crippen molar-refractivity contribution in [1.82, 2.24) is 4.72 Å². The second-order valence-corrected chi connectivity index (χ2v) is 6.04. The molecule has 1 aromatic rings. The van der Waals surface area contributed by atoms with Crippen molar-refractivity contribution >= 4 is 10.0 Å². The molecule has 0 aliphatic carbocycles. The summed E-state index contributed by atoms with van der Waals surface area (Å²) in [4.78, 5) is 0.103. The number of aliphatic hydroxyl groups excluding tert-OH is 1. The molecule has 0 bridgehead atoms. The maximum atomic E-state index is 12.0. The van der Waals surface area contributed by atoms with Crippen LogP contribution in [0.1, 0.15) is 0 Å². The van der Waals surface area contributed by atoms with Gasteiger partial charge in [-0.2, -0.15) is 0 Å². The number of nitrogens with one attached hydrogen (secondary N) is 1. The summed E-state index contributed by atoms with van der Waals surface area (Å²) >= 11 is 0. The molecular formula is C13H21NO6S. The van der Waals surface area contributed by atoms with E-state index in [0.717, 1.165) is 0 Å². The van der Waals surface area contributed by atoms with Gasteiger partial charge in [0.25, 0.3) is 0 Å². The third kappa shape index (κ3) is 6.40. The number of hydrogen-bond donors (Lipinski definition) is 2. The molecule has 0 aromatic heterocycles. The fraction of sp³-hybridized carbons (Fsp3) is 0.538. The fourth-order valence-electron chi connectivity index (χ4n) is 1.50. The minimum Gasteiger partial charge on any atom is -0.491 e. The molecular weight excluding hydrogens is 298 g/mol. The van der Waals surface area contributed by atoms with E-state index >= 15 is 0 Å². The number of hydrogen-bond acceptors (Lipinski definition) is 6. The van der Waals surface area contributed by atoms with Crippen molar-refractivity contribution in [3.05, 3.63) is 24.3 Å². The Bertz CT molecular complexity index is 502. The highest BCUT2D eigenvalue weighted by Gasteiger charge is 2.15. The first-order valence-electron chi connectivity index (χ1n) is 6.38. The van der Waals surface area contributed by atoms with E-state index in [4.69, 9.17) is 14.2 Å². The Morgan fingerprint density at radius 3 is 2.38 bits per heavy atom. The second kappa shape index (κ2) is 8.96. The summed E-state index contributed by atoms with van der Waals surface area (Å²) in [5, 5.41) is 9.44. The lowest BCUT2D eigenvalue weighted by Crippen LogP contribution is -2.34. The van der Waals surface area contributed by atoms with Crippen LogP contribution < -0.4 is 9.46 Å². The van der Waals surface area contributed by atoms with Crippen LogP contribution in [0.3, 0.4) is 0 Å². The molecule has 120 valence electrons. The van der Waals surface area contributed by atoms with Gasteiger partial charge in [-0.25, -0.2) is 13.1 Å². The number of methoxy groups -OCH3 is 2. The van der Waals surface area contributed by atoms with E-state index in [1.165, 1.54) is 19.2 Å². The van der Waals surface area contributed by atoms with Crippen molar-refractivity contribution < 1.29 is 27.7 Å². The summed E-state index contributed by atoms with van der Waals surface area (Å²) in [5.41, 5.74) is 0. The van der Waals surface area contributed by atoms with Crippen LogP contribution in [0.5, 0.6) is 5.75 Å². The average Bonchev–Trinajstić information content (AvgIpc) is 2.46. The first-order valence-corrected chi connectivity index (χ1v) is 7.86.